The van der Waals surface area contributed by atoms with Gasteiger partial charge in [-0.1, -0.05) is 54.6 Å². The van der Waals surface area contributed by atoms with Crippen molar-refractivity contribution >= 4 is 56.3 Å². The largest absolute Gasteiger partial charge is 0.488 e. The molecule has 0 spiro atoms. The number of nitrogens with zero attached hydrogens (tertiary/aromatic N) is 1. The van der Waals surface area contributed by atoms with E-state index in [1.807, 2.05) is 48.5 Å². The second kappa shape index (κ2) is 5.98. The molecule has 0 unspecified atom stereocenters. The molecule has 0 aliphatic rings. The van der Waals surface area contributed by atoms with Crippen molar-refractivity contribution in [2.24, 2.45) is 0 Å². The average Bonchev–Trinajstić information content (AvgIpc) is 3.29. The molecule has 2 aromatic heterocycles. The SMILES string of the molecule is OB(O)c1ccc2c(c1)c1ccc3c4ccccc4oc3c1n2-c1ccccc1. The quantitative estimate of drug-likeness (QED) is 0.441. The summed E-state index contributed by atoms with van der Waals surface area (Å²) in [6.07, 6.45) is 0. The molecule has 5 heteroatoms. The maximum Gasteiger partial charge on any atom is 0.488 e. The van der Waals surface area contributed by atoms with Crippen LogP contribution in [0.15, 0.2) is 89.3 Å². The third kappa shape index (κ3) is 2.29. The predicted octanol–water partition coefficient (Wildman–Crippen LogP) is 4.36. The van der Waals surface area contributed by atoms with Crippen LogP contribution < -0.4 is 5.46 Å². The highest BCUT2D eigenvalue weighted by atomic mass is 16.4. The Morgan fingerprint density at radius 3 is 2.28 bits per heavy atom. The molecule has 2 heterocycles. The van der Waals surface area contributed by atoms with Crippen molar-refractivity contribution in [3.05, 3.63) is 84.9 Å². The Hall–Kier alpha value is -3.54. The van der Waals surface area contributed by atoms with Crippen molar-refractivity contribution in [3.8, 4) is 5.69 Å². The van der Waals surface area contributed by atoms with Crippen molar-refractivity contribution in [1.29, 1.82) is 0 Å². The van der Waals surface area contributed by atoms with Crippen LogP contribution in [0.4, 0.5) is 0 Å². The molecule has 0 bridgehead atoms. The zero-order valence-electron chi connectivity index (χ0n) is 15.4. The summed E-state index contributed by atoms with van der Waals surface area (Å²) in [5.41, 5.74) is 5.14. The highest BCUT2D eigenvalue weighted by molar-refractivity contribution is 6.59. The third-order valence-corrected chi connectivity index (χ3v) is 5.61. The van der Waals surface area contributed by atoms with E-state index in [1.165, 1.54) is 0 Å². The van der Waals surface area contributed by atoms with Gasteiger partial charge < -0.3 is 19.0 Å². The summed E-state index contributed by atoms with van der Waals surface area (Å²) < 4.78 is 8.50. The Morgan fingerprint density at radius 2 is 1.45 bits per heavy atom. The minimum atomic E-state index is -1.51. The van der Waals surface area contributed by atoms with Crippen molar-refractivity contribution in [2.45, 2.75) is 0 Å². The first kappa shape index (κ1) is 16.4. The molecule has 6 aromatic rings. The van der Waals surface area contributed by atoms with Crippen molar-refractivity contribution in [1.82, 2.24) is 4.57 Å². The fourth-order valence-electron chi connectivity index (χ4n) is 4.30. The van der Waals surface area contributed by atoms with Gasteiger partial charge in [-0.15, -0.1) is 0 Å². The van der Waals surface area contributed by atoms with Crippen LogP contribution in [0.2, 0.25) is 0 Å². The lowest BCUT2D eigenvalue weighted by Gasteiger charge is -2.08. The lowest BCUT2D eigenvalue weighted by Crippen LogP contribution is -2.29. The lowest BCUT2D eigenvalue weighted by atomic mass is 9.80. The molecule has 2 N–H and O–H groups in total. The number of para-hydroxylation sites is 2. The topological polar surface area (TPSA) is 58.5 Å². The van der Waals surface area contributed by atoms with Gasteiger partial charge in [0.15, 0.2) is 5.58 Å². The highest BCUT2D eigenvalue weighted by Crippen LogP contribution is 2.39. The highest BCUT2D eigenvalue weighted by Gasteiger charge is 2.20. The molecular formula is C24H16BNO3. The first-order valence-corrected chi connectivity index (χ1v) is 9.52. The Bertz CT molecular complexity index is 1530. The summed E-state index contributed by atoms with van der Waals surface area (Å²) in [6.45, 7) is 0. The van der Waals surface area contributed by atoms with Crippen molar-refractivity contribution < 1.29 is 14.5 Å². The minimum absolute atomic E-state index is 0.467. The zero-order chi connectivity index (χ0) is 19.5. The Kier molecular flexibility index (Phi) is 3.39. The van der Waals surface area contributed by atoms with Gasteiger partial charge in [0.1, 0.15) is 5.58 Å². The zero-order valence-corrected chi connectivity index (χ0v) is 15.4. The Labute approximate surface area is 166 Å². The van der Waals surface area contributed by atoms with Gasteiger partial charge in [0, 0.05) is 27.2 Å². The van der Waals surface area contributed by atoms with Gasteiger partial charge >= 0.3 is 7.12 Å². The van der Waals surface area contributed by atoms with E-state index in [-0.39, 0.29) is 0 Å². The van der Waals surface area contributed by atoms with Gasteiger partial charge in [-0.3, -0.25) is 0 Å². The molecule has 6 rings (SSSR count). The number of hydrogen-bond acceptors (Lipinski definition) is 3. The van der Waals surface area contributed by atoms with Gasteiger partial charge in [0.05, 0.1) is 11.0 Å². The first-order chi connectivity index (χ1) is 14.2. The van der Waals surface area contributed by atoms with Gasteiger partial charge in [-0.05, 0) is 35.8 Å². The van der Waals surface area contributed by atoms with Crippen LogP contribution in [-0.4, -0.2) is 21.7 Å². The molecule has 0 atom stereocenters. The van der Waals surface area contributed by atoms with Gasteiger partial charge in [0.25, 0.3) is 0 Å². The molecule has 0 fully saturated rings. The number of rotatable bonds is 2. The molecule has 0 saturated heterocycles. The van der Waals surface area contributed by atoms with E-state index in [1.54, 1.807) is 6.07 Å². The van der Waals surface area contributed by atoms with E-state index in [0.717, 1.165) is 49.4 Å². The number of hydrogen-bond donors (Lipinski definition) is 2. The van der Waals surface area contributed by atoms with Gasteiger partial charge in [0.2, 0.25) is 0 Å². The summed E-state index contributed by atoms with van der Waals surface area (Å²) in [5, 5.41) is 23.5. The molecule has 29 heavy (non-hydrogen) atoms. The Morgan fingerprint density at radius 1 is 0.690 bits per heavy atom. The Balaban J connectivity index is 1.86. The lowest BCUT2D eigenvalue weighted by molar-refractivity contribution is 0.426. The van der Waals surface area contributed by atoms with Crippen molar-refractivity contribution in [2.75, 3.05) is 0 Å². The van der Waals surface area contributed by atoms with E-state index in [2.05, 4.69) is 34.9 Å². The van der Waals surface area contributed by atoms with E-state index < -0.39 is 7.12 Å². The van der Waals surface area contributed by atoms with Crippen LogP contribution in [0.1, 0.15) is 0 Å². The summed E-state index contributed by atoms with van der Waals surface area (Å²) in [4.78, 5) is 0. The maximum absolute atomic E-state index is 9.68. The third-order valence-electron chi connectivity index (χ3n) is 5.61. The minimum Gasteiger partial charge on any atom is -0.454 e. The molecule has 4 aromatic carbocycles. The van der Waals surface area contributed by atoms with Crippen LogP contribution in [0.25, 0.3) is 49.4 Å². The van der Waals surface area contributed by atoms with Crippen molar-refractivity contribution in [3.63, 3.8) is 0 Å². The average molecular weight is 377 g/mol. The summed E-state index contributed by atoms with van der Waals surface area (Å²) in [5.74, 6) is 0. The predicted molar refractivity (Wildman–Crippen MR) is 118 cm³/mol. The van der Waals surface area contributed by atoms with E-state index in [0.29, 0.717) is 5.46 Å². The number of furan rings is 1. The maximum atomic E-state index is 9.68. The molecule has 0 radical (unpaired) electrons. The first-order valence-electron chi connectivity index (χ1n) is 9.52. The fraction of sp³-hybridized carbons (Fsp3) is 0. The van der Waals surface area contributed by atoms with Crippen LogP contribution in [0, 0.1) is 0 Å². The van der Waals surface area contributed by atoms with E-state index in [4.69, 9.17) is 4.42 Å². The summed E-state index contributed by atoms with van der Waals surface area (Å²) >= 11 is 0. The molecule has 0 aliphatic heterocycles. The molecule has 0 aliphatic carbocycles. The summed E-state index contributed by atoms with van der Waals surface area (Å²) in [7, 11) is -1.51. The monoisotopic (exact) mass is 377 g/mol. The summed E-state index contributed by atoms with van der Waals surface area (Å²) in [6, 6.07) is 27.9. The van der Waals surface area contributed by atoms with Gasteiger partial charge in [-0.25, -0.2) is 0 Å². The van der Waals surface area contributed by atoms with Crippen LogP contribution >= 0.6 is 0 Å². The number of fused-ring (bicyclic) bond motifs is 7. The fourth-order valence-corrected chi connectivity index (χ4v) is 4.30. The van der Waals surface area contributed by atoms with E-state index in [9.17, 15) is 10.0 Å². The van der Waals surface area contributed by atoms with Crippen LogP contribution in [-0.2, 0) is 0 Å². The molecule has 4 nitrogen and oxygen atoms in total. The molecular weight excluding hydrogens is 361 g/mol. The second-order valence-corrected chi connectivity index (χ2v) is 7.26. The normalized spacial score (nSPS) is 11.8. The molecule has 138 valence electrons. The van der Waals surface area contributed by atoms with E-state index >= 15 is 0 Å². The smallest absolute Gasteiger partial charge is 0.454 e. The van der Waals surface area contributed by atoms with Crippen LogP contribution in [0.5, 0.6) is 0 Å². The molecule has 0 saturated carbocycles. The standard InChI is InChI=1S/C24H16BNO3/c27-25(28)15-10-13-21-20(14-15)18-11-12-19-17-8-4-5-9-22(17)29-24(19)23(18)26(21)16-6-2-1-3-7-16/h1-14,27-28H. The number of aromatic nitrogens is 1. The van der Waals surface area contributed by atoms with Gasteiger partial charge in [-0.2, -0.15) is 0 Å². The molecule has 0 amide bonds. The number of benzene rings is 4. The second-order valence-electron chi connectivity index (χ2n) is 7.26. The van der Waals surface area contributed by atoms with Crippen LogP contribution in [0.3, 0.4) is 0 Å².